The number of carbonyl (C=O) groups is 1. The smallest absolute Gasteiger partial charge is 0.306 e. The highest BCUT2D eigenvalue weighted by Crippen LogP contribution is 1.82. The molecule has 0 saturated carbocycles. The van der Waals surface area contributed by atoms with E-state index in [1.54, 1.807) is 0 Å². The summed E-state index contributed by atoms with van der Waals surface area (Å²) in [6, 6.07) is 0. The molecule has 10 heavy (non-hydrogen) atoms. The van der Waals surface area contributed by atoms with E-state index >= 15 is 0 Å². The van der Waals surface area contributed by atoms with Crippen LogP contribution in [-0.4, -0.2) is 24.0 Å². The van der Waals surface area contributed by atoms with Crippen molar-refractivity contribution in [2.45, 2.75) is 6.42 Å². The van der Waals surface area contributed by atoms with Crippen LogP contribution in [0.5, 0.6) is 0 Å². The van der Waals surface area contributed by atoms with Crippen LogP contribution in [0.15, 0.2) is 0 Å². The van der Waals surface area contributed by atoms with E-state index in [9.17, 15) is 14.9 Å². The summed E-state index contributed by atoms with van der Waals surface area (Å²) in [7, 11) is 0. The molecule has 0 spiro atoms. The summed E-state index contributed by atoms with van der Waals surface area (Å²) in [5.41, 5.74) is 0. The van der Waals surface area contributed by atoms with Crippen LogP contribution >= 0.6 is 0 Å². The Morgan fingerprint density at radius 3 is 2.70 bits per heavy atom. The largest absolute Gasteiger partial charge is 0.459 e. The minimum atomic E-state index is -0.545. The van der Waals surface area contributed by atoms with E-state index in [1.165, 1.54) is 0 Å². The van der Waals surface area contributed by atoms with Crippen molar-refractivity contribution in [2.24, 2.45) is 0 Å². The van der Waals surface area contributed by atoms with Crippen molar-refractivity contribution in [3.05, 3.63) is 17.0 Å². The lowest BCUT2D eigenvalue weighted by Gasteiger charge is -1.96. The van der Waals surface area contributed by atoms with Crippen LogP contribution in [0.1, 0.15) is 6.42 Å². The predicted molar refractivity (Wildman–Crippen MR) is 32.8 cm³/mol. The lowest BCUT2D eigenvalue weighted by molar-refractivity contribution is -0.482. The van der Waals surface area contributed by atoms with Gasteiger partial charge in [-0.2, -0.15) is 0 Å². The van der Waals surface area contributed by atoms with Crippen LogP contribution in [0.4, 0.5) is 0 Å². The Morgan fingerprint density at radius 2 is 2.30 bits per heavy atom. The van der Waals surface area contributed by atoms with Gasteiger partial charge in [0.2, 0.25) is 6.54 Å². The first kappa shape index (κ1) is 8.87. The highest BCUT2D eigenvalue weighted by molar-refractivity contribution is 5.69. The molecule has 0 aromatic rings. The predicted octanol–water partition coefficient (Wildman–Crippen LogP) is 0.0305. The third kappa shape index (κ3) is 5.02. The monoisotopic (exact) mass is 146 g/mol. The van der Waals surface area contributed by atoms with Crippen LogP contribution < -0.4 is 0 Å². The Labute approximate surface area is 58.1 Å². The number of ether oxygens (including phenoxy) is 1. The van der Waals surface area contributed by atoms with Crippen molar-refractivity contribution in [2.75, 3.05) is 13.2 Å². The van der Waals surface area contributed by atoms with E-state index in [0.29, 0.717) is 0 Å². The molecule has 0 aliphatic heterocycles. The number of nitro groups is 1. The van der Waals surface area contributed by atoms with Crippen LogP contribution in [0.3, 0.4) is 0 Å². The Kier molecular flexibility index (Phi) is 4.19. The molecule has 0 aliphatic carbocycles. The molecule has 1 radical (unpaired) electrons. The van der Waals surface area contributed by atoms with Gasteiger partial charge < -0.3 is 4.74 Å². The van der Waals surface area contributed by atoms with Gasteiger partial charge in [-0.05, 0) is 6.92 Å². The first-order valence-corrected chi connectivity index (χ1v) is 2.73. The Hall–Kier alpha value is -1.13. The van der Waals surface area contributed by atoms with Gasteiger partial charge in [0.05, 0.1) is 0 Å². The molecule has 0 saturated heterocycles. The van der Waals surface area contributed by atoms with Crippen molar-refractivity contribution < 1.29 is 14.5 Å². The Balaban J connectivity index is 3.20. The number of hydrogen-bond acceptors (Lipinski definition) is 4. The van der Waals surface area contributed by atoms with Crippen LogP contribution in [0.25, 0.3) is 0 Å². The number of esters is 1. The maximum atomic E-state index is 10.3. The molecule has 0 amide bonds. The average molecular weight is 146 g/mol. The molecule has 0 aliphatic rings. The fraction of sp³-hybridized carbons (Fsp3) is 0.600. The van der Waals surface area contributed by atoms with Crippen molar-refractivity contribution >= 4 is 5.97 Å². The van der Waals surface area contributed by atoms with Gasteiger partial charge in [0, 0.05) is 11.3 Å². The highest BCUT2D eigenvalue weighted by atomic mass is 16.6. The molecule has 0 rings (SSSR count). The van der Waals surface area contributed by atoms with Gasteiger partial charge in [0.25, 0.3) is 0 Å². The number of rotatable bonds is 4. The summed E-state index contributed by atoms with van der Waals surface area (Å²) in [6.07, 6.45) is 0.0116. The number of hydrogen-bond donors (Lipinski definition) is 0. The number of carbonyl (C=O) groups excluding carboxylic acids is 1. The van der Waals surface area contributed by atoms with Gasteiger partial charge in [-0.1, -0.05) is 0 Å². The zero-order valence-electron chi connectivity index (χ0n) is 5.41. The molecule has 0 N–H and O–H groups in total. The minimum absolute atomic E-state index is 0.0116. The lowest BCUT2D eigenvalue weighted by Crippen LogP contribution is -2.12. The summed E-state index contributed by atoms with van der Waals surface area (Å²) in [6.45, 7) is 2.73. The summed E-state index contributed by atoms with van der Waals surface area (Å²) >= 11 is 0. The van der Waals surface area contributed by atoms with Crippen molar-refractivity contribution in [1.82, 2.24) is 0 Å². The molecule has 0 atom stereocenters. The molecular formula is C5H8NO4. The Bertz CT molecular complexity index is 134. The molecule has 0 bridgehead atoms. The molecule has 5 heteroatoms. The van der Waals surface area contributed by atoms with E-state index in [-0.39, 0.29) is 19.6 Å². The number of nitrogens with zero attached hydrogens (tertiary/aromatic N) is 1. The third-order valence-electron chi connectivity index (χ3n) is 0.741. The molecule has 0 aromatic heterocycles. The van der Waals surface area contributed by atoms with E-state index in [1.807, 2.05) is 0 Å². The molecule has 0 aromatic carbocycles. The van der Waals surface area contributed by atoms with Crippen LogP contribution in [-0.2, 0) is 9.53 Å². The van der Waals surface area contributed by atoms with Gasteiger partial charge in [-0.15, -0.1) is 0 Å². The quantitative estimate of drug-likeness (QED) is 0.318. The molecule has 0 heterocycles. The second kappa shape index (κ2) is 4.72. The van der Waals surface area contributed by atoms with Gasteiger partial charge in [0.15, 0.2) is 6.61 Å². The van der Waals surface area contributed by atoms with Crippen molar-refractivity contribution in [3.8, 4) is 0 Å². The minimum Gasteiger partial charge on any atom is -0.459 e. The fourth-order valence-corrected chi connectivity index (χ4v) is 0.306. The molecule has 57 valence electrons. The van der Waals surface area contributed by atoms with E-state index in [0.717, 1.165) is 0 Å². The third-order valence-corrected chi connectivity index (χ3v) is 0.741. The van der Waals surface area contributed by atoms with Crippen LogP contribution in [0, 0.1) is 17.0 Å². The molecule has 5 nitrogen and oxygen atoms in total. The van der Waals surface area contributed by atoms with Gasteiger partial charge in [-0.25, -0.2) is 0 Å². The molecule has 0 unspecified atom stereocenters. The van der Waals surface area contributed by atoms with Crippen LogP contribution in [0.2, 0.25) is 0 Å². The second-order valence-electron chi connectivity index (χ2n) is 1.53. The summed E-state index contributed by atoms with van der Waals surface area (Å²) in [4.78, 5) is 19.4. The SMILES string of the molecule is [CH2]CC(=O)OCC[N+](=O)[O-]. The second-order valence-corrected chi connectivity index (χ2v) is 1.53. The van der Waals surface area contributed by atoms with Gasteiger partial charge in [-0.3, -0.25) is 14.9 Å². The maximum Gasteiger partial charge on any atom is 0.306 e. The van der Waals surface area contributed by atoms with Crippen molar-refractivity contribution in [1.29, 1.82) is 0 Å². The summed E-state index contributed by atoms with van der Waals surface area (Å²) in [5.74, 6) is -0.512. The first-order valence-electron chi connectivity index (χ1n) is 2.73. The first-order chi connectivity index (χ1) is 4.66. The topological polar surface area (TPSA) is 69.4 Å². The molecule has 0 fully saturated rings. The zero-order chi connectivity index (χ0) is 7.98. The average Bonchev–Trinajstić information content (AvgIpc) is 1.87. The fourth-order valence-electron chi connectivity index (χ4n) is 0.306. The van der Waals surface area contributed by atoms with E-state index in [2.05, 4.69) is 11.7 Å². The molecular weight excluding hydrogens is 138 g/mol. The highest BCUT2D eigenvalue weighted by Gasteiger charge is 2.00. The maximum absolute atomic E-state index is 10.3. The lowest BCUT2D eigenvalue weighted by atomic mass is 10.5. The normalized spacial score (nSPS) is 8.90. The zero-order valence-corrected chi connectivity index (χ0v) is 5.41. The standard InChI is InChI=1S/C5H8NO4/c1-2-5(7)10-4-3-6(8)9/h1-4H2. The van der Waals surface area contributed by atoms with E-state index < -0.39 is 10.9 Å². The summed E-state index contributed by atoms with van der Waals surface area (Å²) in [5, 5.41) is 9.67. The van der Waals surface area contributed by atoms with Gasteiger partial charge >= 0.3 is 5.97 Å². The van der Waals surface area contributed by atoms with Gasteiger partial charge in [0.1, 0.15) is 0 Å². The Morgan fingerprint density at radius 1 is 1.70 bits per heavy atom. The van der Waals surface area contributed by atoms with E-state index in [4.69, 9.17) is 0 Å². The van der Waals surface area contributed by atoms with Crippen molar-refractivity contribution in [3.63, 3.8) is 0 Å². The summed E-state index contributed by atoms with van der Waals surface area (Å²) < 4.78 is 4.36.